The molecule has 0 unspecified atom stereocenters. The Kier molecular flexibility index (Phi) is 4.38. The summed E-state index contributed by atoms with van der Waals surface area (Å²) >= 11 is 1.30. The van der Waals surface area contributed by atoms with Gasteiger partial charge in [-0.15, -0.1) is 11.3 Å². The Hall–Kier alpha value is -3.01. The second-order valence-electron chi connectivity index (χ2n) is 4.92. The number of aryl methyl sites for hydroxylation is 2. The lowest BCUT2D eigenvalue weighted by atomic mass is 10.3. The summed E-state index contributed by atoms with van der Waals surface area (Å²) in [4.78, 5) is 27.4. The van der Waals surface area contributed by atoms with Gasteiger partial charge in [0.1, 0.15) is 11.4 Å². The highest BCUT2D eigenvalue weighted by Gasteiger charge is 2.15. The molecule has 3 aromatic rings. The normalized spacial score (nSPS) is 10.7. The second kappa shape index (κ2) is 6.62. The average Bonchev–Trinajstić information content (AvgIpc) is 3.25. The number of aliphatic carboxylic acids is 1. The number of nitrogens with one attached hydrogen (secondary N) is 1. The molecule has 124 valence electrons. The molecule has 0 aliphatic carbocycles. The number of hydrogen-bond donors (Lipinski definition) is 2. The fraction of sp³-hybridized carbons (Fsp3) is 0.214. The van der Waals surface area contributed by atoms with Crippen LogP contribution in [0.3, 0.4) is 0 Å². The van der Waals surface area contributed by atoms with E-state index in [2.05, 4.69) is 20.5 Å². The minimum atomic E-state index is -0.947. The zero-order valence-corrected chi connectivity index (χ0v) is 13.5. The van der Waals surface area contributed by atoms with Crippen molar-refractivity contribution >= 4 is 28.3 Å². The van der Waals surface area contributed by atoms with E-state index in [4.69, 9.17) is 5.11 Å². The molecule has 0 aromatic carbocycles. The highest BCUT2D eigenvalue weighted by molar-refractivity contribution is 7.14. The third-order valence-electron chi connectivity index (χ3n) is 3.29. The van der Waals surface area contributed by atoms with Crippen molar-refractivity contribution in [2.45, 2.75) is 13.0 Å². The summed E-state index contributed by atoms with van der Waals surface area (Å²) < 4.78 is 3.06. The van der Waals surface area contributed by atoms with Crippen LogP contribution in [0.4, 0.5) is 5.13 Å². The van der Waals surface area contributed by atoms with E-state index in [1.165, 1.54) is 28.3 Å². The summed E-state index contributed by atoms with van der Waals surface area (Å²) in [7, 11) is 1.81. The lowest BCUT2D eigenvalue weighted by Gasteiger charge is -2.05. The lowest BCUT2D eigenvalue weighted by molar-refractivity contribution is -0.137. The molecule has 0 saturated heterocycles. The molecule has 1 amide bonds. The first kappa shape index (κ1) is 15.9. The highest BCUT2D eigenvalue weighted by atomic mass is 32.1. The van der Waals surface area contributed by atoms with Gasteiger partial charge in [0.15, 0.2) is 5.13 Å². The Balaban J connectivity index is 1.72. The molecule has 0 spiro atoms. The van der Waals surface area contributed by atoms with Crippen LogP contribution in [0, 0.1) is 0 Å². The number of carbonyl (C=O) groups is 2. The Morgan fingerprint density at radius 3 is 2.79 bits per heavy atom. The summed E-state index contributed by atoms with van der Waals surface area (Å²) in [5.41, 5.74) is 1.85. The van der Waals surface area contributed by atoms with Gasteiger partial charge in [0.2, 0.25) is 0 Å². The molecule has 9 nitrogen and oxygen atoms in total. The summed E-state index contributed by atoms with van der Waals surface area (Å²) in [6.07, 6.45) is 3.03. The number of rotatable bonds is 6. The van der Waals surface area contributed by atoms with Crippen LogP contribution in [-0.2, 0) is 18.4 Å². The van der Waals surface area contributed by atoms with Gasteiger partial charge in [-0.3, -0.25) is 24.3 Å². The first-order chi connectivity index (χ1) is 11.5. The first-order valence-electron chi connectivity index (χ1n) is 7.03. The largest absolute Gasteiger partial charge is 0.481 e. The standard InChI is InChI=1S/C14H14N6O3S/c1-19-10(2-5-15-19)9-8-24-14(17-9)18-13(23)11-3-6-16-20(11)7-4-12(21)22/h2-3,5-6,8H,4,7H2,1H3,(H,21,22)(H,17,18,23). The van der Waals surface area contributed by atoms with Gasteiger partial charge in [-0.05, 0) is 12.1 Å². The zero-order chi connectivity index (χ0) is 17.1. The van der Waals surface area contributed by atoms with Crippen LogP contribution in [0.5, 0.6) is 0 Å². The Morgan fingerprint density at radius 1 is 1.29 bits per heavy atom. The number of carboxylic acids is 1. The SMILES string of the molecule is Cn1nccc1-c1csc(NC(=O)c2ccnn2CCC(=O)O)n1. The van der Waals surface area contributed by atoms with Gasteiger partial charge in [0, 0.05) is 24.8 Å². The quantitative estimate of drug-likeness (QED) is 0.698. The average molecular weight is 346 g/mol. The summed E-state index contributed by atoms with van der Waals surface area (Å²) in [5.74, 6) is -1.33. The molecule has 10 heteroatoms. The number of aromatic nitrogens is 5. The van der Waals surface area contributed by atoms with E-state index in [1.54, 1.807) is 10.9 Å². The maximum Gasteiger partial charge on any atom is 0.305 e. The molecule has 3 heterocycles. The van der Waals surface area contributed by atoms with Crippen molar-refractivity contribution in [1.29, 1.82) is 0 Å². The lowest BCUT2D eigenvalue weighted by Crippen LogP contribution is -2.18. The second-order valence-corrected chi connectivity index (χ2v) is 5.77. The third kappa shape index (κ3) is 3.33. The van der Waals surface area contributed by atoms with Gasteiger partial charge in [-0.1, -0.05) is 0 Å². The van der Waals surface area contributed by atoms with Gasteiger partial charge in [0.05, 0.1) is 18.7 Å². The molecule has 3 aromatic heterocycles. The van der Waals surface area contributed by atoms with Gasteiger partial charge in [-0.25, -0.2) is 4.98 Å². The zero-order valence-electron chi connectivity index (χ0n) is 12.7. The summed E-state index contributed by atoms with van der Waals surface area (Å²) in [5, 5.41) is 21.8. The highest BCUT2D eigenvalue weighted by Crippen LogP contribution is 2.24. The summed E-state index contributed by atoms with van der Waals surface area (Å²) in [6, 6.07) is 3.37. The van der Waals surface area contributed by atoms with Crippen molar-refractivity contribution in [2.75, 3.05) is 5.32 Å². The third-order valence-corrected chi connectivity index (χ3v) is 4.05. The van der Waals surface area contributed by atoms with E-state index in [0.717, 1.165) is 11.4 Å². The van der Waals surface area contributed by atoms with Crippen molar-refractivity contribution in [3.8, 4) is 11.4 Å². The molecule has 0 radical (unpaired) electrons. The monoisotopic (exact) mass is 346 g/mol. The molecule has 24 heavy (non-hydrogen) atoms. The first-order valence-corrected chi connectivity index (χ1v) is 7.91. The van der Waals surface area contributed by atoms with Crippen molar-refractivity contribution in [1.82, 2.24) is 24.5 Å². The Morgan fingerprint density at radius 2 is 2.08 bits per heavy atom. The maximum absolute atomic E-state index is 12.3. The predicted molar refractivity (Wildman–Crippen MR) is 86.7 cm³/mol. The van der Waals surface area contributed by atoms with Crippen LogP contribution in [0.25, 0.3) is 11.4 Å². The summed E-state index contributed by atoms with van der Waals surface area (Å²) in [6.45, 7) is 0.128. The van der Waals surface area contributed by atoms with Crippen LogP contribution in [-0.4, -0.2) is 41.5 Å². The molecule has 0 aliphatic heterocycles. The molecule has 2 N–H and O–H groups in total. The van der Waals surface area contributed by atoms with Crippen LogP contribution in [0.1, 0.15) is 16.9 Å². The number of amides is 1. The van der Waals surface area contributed by atoms with E-state index in [1.807, 2.05) is 18.5 Å². The van der Waals surface area contributed by atoms with E-state index >= 15 is 0 Å². The molecule has 0 fully saturated rings. The van der Waals surface area contributed by atoms with E-state index in [9.17, 15) is 9.59 Å². The minimum Gasteiger partial charge on any atom is -0.481 e. The molecule has 3 rings (SSSR count). The minimum absolute atomic E-state index is 0.107. The molecule has 0 bridgehead atoms. The number of carbonyl (C=O) groups excluding carboxylic acids is 1. The Bertz CT molecular complexity index is 881. The maximum atomic E-state index is 12.3. The van der Waals surface area contributed by atoms with Crippen LogP contribution in [0.2, 0.25) is 0 Å². The van der Waals surface area contributed by atoms with E-state index in [-0.39, 0.29) is 24.6 Å². The molecule has 0 atom stereocenters. The molecule has 0 saturated carbocycles. The fourth-order valence-electron chi connectivity index (χ4n) is 2.14. The topological polar surface area (TPSA) is 115 Å². The number of thiazole rings is 1. The fourth-order valence-corrected chi connectivity index (χ4v) is 2.84. The number of hydrogen-bond acceptors (Lipinski definition) is 6. The van der Waals surface area contributed by atoms with E-state index < -0.39 is 5.97 Å². The molecular weight excluding hydrogens is 332 g/mol. The van der Waals surface area contributed by atoms with Crippen molar-refractivity contribution in [3.05, 3.63) is 35.6 Å². The van der Waals surface area contributed by atoms with E-state index in [0.29, 0.717) is 5.13 Å². The number of nitrogens with zero attached hydrogens (tertiary/aromatic N) is 5. The van der Waals surface area contributed by atoms with Gasteiger partial charge >= 0.3 is 5.97 Å². The van der Waals surface area contributed by atoms with Gasteiger partial charge in [-0.2, -0.15) is 10.2 Å². The van der Waals surface area contributed by atoms with Crippen LogP contribution < -0.4 is 5.32 Å². The Labute approximate surface area is 140 Å². The number of carboxylic acid groups (broad SMARTS) is 1. The van der Waals surface area contributed by atoms with Crippen LogP contribution in [0.15, 0.2) is 29.9 Å². The van der Waals surface area contributed by atoms with Crippen molar-refractivity contribution < 1.29 is 14.7 Å². The molecular formula is C14H14N6O3S. The van der Waals surface area contributed by atoms with Gasteiger partial charge in [0.25, 0.3) is 5.91 Å². The van der Waals surface area contributed by atoms with Gasteiger partial charge < -0.3 is 5.11 Å². The van der Waals surface area contributed by atoms with Crippen molar-refractivity contribution in [2.24, 2.45) is 7.05 Å². The number of anilines is 1. The predicted octanol–water partition coefficient (Wildman–Crippen LogP) is 1.47. The van der Waals surface area contributed by atoms with Crippen LogP contribution >= 0.6 is 11.3 Å². The smallest absolute Gasteiger partial charge is 0.305 e. The molecule has 0 aliphatic rings. The van der Waals surface area contributed by atoms with Crippen molar-refractivity contribution in [3.63, 3.8) is 0 Å².